The van der Waals surface area contributed by atoms with E-state index in [-0.39, 0.29) is 35.1 Å². The molecule has 4 fully saturated rings. The molecule has 2 unspecified atom stereocenters. The summed E-state index contributed by atoms with van der Waals surface area (Å²) in [4.78, 5) is 24.0. The molecule has 0 radical (unpaired) electrons. The lowest BCUT2D eigenvalue weighted by Gasteiger charge is -2.61. The molecule has 4 heteroatoms. The summed E-state index contributed by atoms with van der Waals surface area (Å²) in [6.07, 6.45) is 14.7. The fourth-order valence-electron chi connectivity index (χ4n) is 8.18. The molecule has 0 aromatic rings. The highest BCUT2D eigenvalue weighted by atomic mass is 16.5. The zero-order valence-corrected chi connectivity index (χ0v) is 18.2. The van der Waals surface area contributed by atoms with Crippen molar-refractivity contribution in [2.45, 2.75) is 84.2 Å². The molecule has 0 spiro atoms. The van der Waals surface area contributed by atoms with Crippen LogP contribution in [0.4, 0.5) is 0 Å². The van der Waals surface area contributed by atoms with E-state index in [0.717, 1.165) is 44.9 Å². The van der Waals surface area contributed by atoms with Crippen molar-refractivity contribution in [3.8, 4) is 12.3 Å². The van der Waals surface area contributed by atoms with Crippen molar-refractivity contribution < 1.29 is 19.4 Å². The molecule has 4 saturated carbocycles. The van der Waals surface area contributed by atoms with Gasteiger partial charge in [0, 0.05) is 12.8 Å². The normalized spacial score (nSPS) is 48.6. The van der Waals surface area contributed by atoms with Gasteiger partial charge in [0.25, 0.3) is 0 Å². The molecule has 8 atom stereocenters. The fraction of sp³-hybridized carbons (Fsp3) is 0.840. The minimum Gasteiger partial charge on any atom is -0.458 e. The summed E-state index contributed by atoms with van der Waals surface area (Å²) >= 11 is 0. The van der Waals surface area contributed by atoms with E-state index in [4.69, 9.17) is 11.2 Å². The maximum absolute atomic E-state index is 12.8. The SMILES string of the molecule is C#CC1(O)CC[C@@]2(C)C(CC[C@H]3[C@@H]4CC[C@H](C(=O)COC(C)=O)[C@@]4(C)CC[C@@H]32)C1. The second-order valence-electron chi connectivity index (χ2n) is 11.0. The van der Waals surface area contributed by atoms with E-state index in [1.165, 1.54) is 13.3 Å². The Labute approximate surface area is 175 Å². The predicted octanol–water partition coefficient (Wildman–Crippen LogP) is 4.14. The molecule has 4 rings (SSSR count). The van der Waals surface area contributed by atoms with Crippen LogP contribution in [0.5, 0.6) is 0 Å². The largest absolute Gasteiger partial charge is 0.458 e. The highest BCUT2D eigenvalue weighted by Gasteiger charge is 2.62. The summed E-state index contributed by atoms with van der Waals surface area (Å²) in [6.45, 7) is 6.07. The Morgan fingerprint density at radius 1 is 1.03 bits per heavy atom. The molecule has 0 heterocycles. The van der Waals surface area contributed by atoms with Gasteiger partial charge in [0.05, 0.1) is 0 Å². The van der Waals surface area contributed by atoms with Crippen molar-refractivity contribution in [3.05, 3.63) is 0 Å². The van der Waals surface area contributed by atoms with Crippen LogP contribution in [-0.4, -0.2) is 29.1 Å². The Kier molecular flexibility index (Phi) is 5.13. The Morgan fingerprint density at radius 2 is 1.76 bits per heavy atom. The number of aliphatic hydroxyl groups is 1. The standard InChI is InChI=1S/C25H36O4/c1-5-25(28)13-12-23(3)17(14-25)6-7-18-19-8-9-21(22(27)15-29-16(2)26)24(19,4)11-10-20(18)23/h1,17-21,28H,6-15H2,2-4H3/t17?,18-,19-,20-,21+,23-,24-,25?/m0/s1. The van der Waals surface area contributed by atoms with Gasteiger partial charge in [0.15, 0.2) is 5.78 Å². The van der Waals surface area contributed by atoms with Crippen LogP contribution >= 0.6 is 0 Å². The van der Waals surface area contributed by atoms with Crippen molar-refractivity contribution in [1.82, 2.24) is 0 Å². The number of carbonyl (C=O) groups is 2. The highest BCUT2D eigenvalue weighted by Crippen LogP contribution is 2.68. The lowest BCUT2D eigenvalue weighted by Crippen LogP contribution is -2.56. The molecule has 0 amide bonds. The fourth-order valence-corrected chi connectivity index (χ4v) is 8.18. The van der Waals surface area contributed by atoms with Crippen LogP contribution in [-0.2, 0) is 14.3 Å². The van der Waals surface area contributed by atoms with Gasteiger partial charge in [-0.1, -0.05) is 19.8 Å². The van der Waals surface area contributed by atoms with Crippen molar-refractivity contribution in [3.63, 3.8) is 0 Å². The summed E-state index contributed by atoms with van der Waals surface area (Å²) in [7, 11) is 0. The van der Waals surface area contributed by atoms with Crippen LogP contribution in [0.3, 0.4) is 0 Å². The van der Waals surface area contributed by atoms with Crippen LogP contribution in [0.15, 0.2) is 0 Å². The van der Waals surface area contributed by atoms with Crippen LogP contribution < -0.4 is 0 Å². The maximum atomic E-state index is 12.8. The average molecular weight is 401 g/mol. The summed E-state index contributed by atoms with van der Waals surface area (Å²) in [5, 5.41) is 10.7. The molecule has 0 bridgehead atoms. The number of esters is 1. The van der Waals surface area contributed by atoms with Gasteiger partial charge in [-0.15, -0.1) is 6.42 Å². The number of rotatable bonds is 3. The zero-order valence-electron chi connectivity index (χ0n) is 18.2. The first-order chi connectivity index (χ1) is 13.6. The molecule has 29 heavy (non-hydrogen) atoms. The summed E-state index contributed by atoms with van der Waals surface area (Å²) in [5.41, 5.74) is -0.620. The third-order valence-electron chi connectivity index (χ3n) is 9.80. The first-order valence-corrected chi connectivity index (χ1v) is 11.5. The Morgan fingerprint density at radius 3 is 2.45 bits per heavy atom. The van der Waals surface area contributed by atoms with E-state index in [0.29, 0.717) is 30.1 Å². The summed E-state index contributed by atoms with van der Waals surface area (Å²) in [5.74, 6) is 4.85. The van der Waals surface area contributed by atoms with E-state index < -0.39 is 5.60 Å². The Hall–Kier alpha value is -1.34. The lowest BCUT2D eigenvalue weighted by molar-refractivity contribution is -0.153. The van der Waals surface area contributed by atoms with Gasteiger partial charge in [0.2, 0.25) is 0 Å². The third-order valence-corrected chi connectivity index (χ3v) is 9.80. The second-order valence-corrected chi connectivity index (χ2v) is 11.0. The molecule has 4 aliphatic rings. The van der Waals surface area contributed by atoms with Crippen molar-refractivity contribution >= 4 is 11.8 Å². The van der Waals surface area contributed by atoms with E-state index in [1.54, 1.807) is 0 Å². The summed E-state index contributed by atoms with van der Waals surface area (Å²) in [6, 6.07) is 0. The van der Waals surface area contributed by atoms with E-state index in [2.05, 4.69) is 19.8 Å². The van der Waals surface area contributed by atoms with Gasteiger partial charge in [-0.2, -0.15) is 0 Å². The van der Waals surface area contributed by atoms with Gasteiger partial charge in [-0.25, -0.2) is 0 Å². The highest BCUT2D eigenvalue weighted by molar-refractivity contribution is 5.85. The van der Waals surface area contributed by atoms with Gasteiger partial charge in [-0.05, 0) is 92.3 Å². The zero-order chi connectivity index (χ0) is 21.0. The van der Waals surface area contributed by atoms with Gasteiger partial charge >= 0.3 is 5.97 Å². The predicted molar refractivity (Wildman–Crippen MR) is 111 cm³/mol. The third kappa shape index (κ3) is 3.25. The topological polar surface area (TPSA) is 63.6 Å². The number of hydrogen-bond donors (Lipinski definition) is 1. The molecule has 160 valence electrons. The molecule has 1 N–H and O–H groups in total. The van der Waals surface area contributed by atoms with Crippen LogP contribution in [0.2, 0.25) is 0 Å². The number of ketones is 1. The van der Waals surface area contributed by atoms with Crippen molar-refractivity contribution in [1.29, 1.82) is 0 Å². The molecular weight excluding hydrogens is 364 g/mol. The summed E-state index contributed by atoms with van der Waals surface area (Å²) < 4.78 is 5.04. The number of terminal acetylenes is 1. The van der Waals surface area contributed by atoms with Crippen molar-refractivity contribution in [2.75, 3.05) is 6.61 Å². The average Bonchev–Trinajstić information content (AvgIpc) is 3.04. The molecule has 0 aromatic carbocycles. The van der Waals surface area contributed by atoms with E-state index in [1.807, 2.05) is 0 Å². The molecular formula is C25H36O4. The van der Waals surface area contributed by atoms with Crippen LogP contribution in [0.1, 0.15) is 78.6 Å². The Bertz CT molecular complexity index is 738. The molecule has 4 aliphatic carbocycles. The van der Waals surface area contributed by atoms with Crippen molar-refractivity contribution in [2.24, 2.45) is 40.4 Å². The van der Waals surface area contributed by atoms with Gasteiger partial charge in [-0.3, -0.25) is 9.59 Å². The minimum atomic E-state index is -0.915. The van der Waals surface area contributed by atoms with Crippen LogP contribution in [0.25, 0.3) is 0 Å². The minimum absolute atomic E-state index is 0.0243. The molecule has 0 saturated heterocycles. The smallest absolute Gasteiger partial charge is 0.303 e. The molecule has 4 nitrogen and oxygen atoms in total. The van der Waals surface area contributed by atoms with Gasteiger partial charge < -0.3 is 9.84 Å². The quantitative estimate of drug-likeness (QED) is 0.571. The lowest BCUT2D eigenvalue weighted by atomic mass is 9.44. The molecule has 0 aromatic heterocycles. The first-order valence-electron chi connectivity index (χ1n) is 11.5. The number of Topliss-reactive ketones (excluding diaryl/α,β-unsaturated/α-hetero) is 1. The van der Waals surface area contributed by atoms with Gasteiger partial charge in [0.1, 0.15) is 12.2 Å². The Balaban J connectivity index is 1.52. The van der Waals surface area contributed by atoms with E-state index >= 15 is 0 Å². The van der Waals surface area contributed by atoms with E-state index in [9.17, 15) is 14.7 Å². The monoisotopic (exact) mass is 400 g/mol. The molecule has 0 aliphatic heterocycles. The van der Waals surface area contributed by atoms with Crippen LogP contribution in [0, 0.1) is 52.8 Å². The second kappa shape index (κ2) is 7.12. The maximum Gasteiger partial charge on any atom is 0.303 e. The first kappa shape index (κ1) is 20.9. The number of hydrogen-bond acceptors (Lipinski definition) is 4. The number of carbonyl (C=O) groups excluding carboxylic acids is 2. The number of ether oxygens (including phenoxy) is 1. The number of fused-ring (bicyclic) bond motifs is 5.